The molecule has 5 heteroatoms. The van der Waals surface area contributed by atoms with Crippen LogP contribution in [0, 0.1) is 11.6 Å². The zero-order valence-electron chi connectivity index (χ0n) is 16.4. The second-order valence-electron chi connectivity index (χ2n) is 7.53. The first-order valence-electron chi connectivity index (χ1n) is 9.97. The SMILES string of the molecule is CCCc1ccc2c(c1)c1c3ccccc3oc(=O)c1n2Cc1ccc(F)cc1F. The fourth-order valence-electron chi connectivity index (χ4n) is 4.23. The van der Waals surface area contributed by atoms with Crippen LogP contribution in [0.1, 0.15) is 24.5 Å². The Hall–Kier alpha value is -3.47. The molecule has 5 aromatic rings. The average Bonchev–Trinajstić information content (AvgIpc) is 3.05. The van der Waals surface area contributed by atoms with Gasteiger partial charge in [0.05, 0.1) is 6.54 Å². The van der Waals surface area contributed by atoms with E-state index >= 15 is 0 Å². The maximum absolute atomic E-state index is 14.4. The van der Waals surface area contributed by atoms with Gasteiger partial charge in [0.1, 0.15) is 22.7 Å². The highest BCUT2D eigenvalue weighted by Crippen LogP contribution is 2.34. The second-order valence-corrected chi connectivity index (χ2v) is 7.53. The number of fused-ring (bicyclic) bond motifs is 5. The van der Waals surface area contributed by atoms with Gasteiger partial charge < -0.3 is 8.98 Å². The van der Waals surface area contributed by atoms with E-state index in [1.165, 1.54) is 17.7 Å². The van der Waals surface area contributed by atoms with Crippen LogP contribution < -0.4 is 5.63 Å². The molecule has 0 spiro atoms. The zero-order valence-corrected chi connectivity index (χ0v) is 16.4. The Morgan fingerprint density at radius 1 is 0.967 bits per heavy atom. The van der Waals surface area contributed by atoms with Gasteiger partial charge in [-0.2, -0.15) is 0 Å². The predicted octanol–water partition coefficient (Wildman–Crippen LogP) is 6.18. The van der Waals surface area contributed by atoms with Crippen molar-refractivity contribution in [1.82, 2.24) is 4.57 Å². The molecule has 0 atom stereocenters. The molecule has 0 aliphatic rings. The van der Waals surface area contributed by atoms with Gasteiger partial charge in [-0.1, -0.05) is 43.7 Å². The van der Waals surface area contributed by atoms with Crippen molar-refractivity contribution >= 4 is 32.8 Å². The Labute approximate surface area is 171 Å². The number of rotatable bonds is 4. The van der Waals surface area contributed by atoms with E-state index in [4.69, 9.17) is 4.42 Å². The lowest BCUT2D eigenvalue weighted by atomic mass is 10.0. The van der Waals surface area contributed by atoms with E-state index in [9.17, 15) is 13.6 Å². The molecule has 0 fully saturated rings. The Kier molecular flexibility index (Phi) is 4.39. The number of aryl methyl sites for hydroxylation is 1. The van der Waals surface area contributed by atoms with Crippen LogP contribution in [0.25, 0.3) is 32.8 Å². The van der Waals surface area contributed by atoms with E-state index in [-0.39, 0.29) is 6.54 Å². The molecule has 2 heterocycles. The van der Waals surface area contributed by atoms with E-state index in [1.807, 2.05) is 30.3 Å². The van der Waals surface area contributed by atoms with E-state index in [2.05, 4.69) is 13.0 Å². The lowest BCUT2D eigenvalue weighted by molar-refractivity contribution is 0.558. The summed E-state index contributed by atoms with van der Waals surface area (Å²) >= 11 is 0. The van der Waals surface area contributed by atoms with Crippen molar-refractivity contribution < 1.29 is 13.2 Å². The summed E-state index contributed by atoms with van der Waals surface area (Å²) in [7, 11) is 0. The summed E-state index contributed by atoms with van der Waals surface area (Å²) in [6, 6.07) is 17.0. The van der Waals surface area contributed by atoms with E-state index in [0.29, 0.717) is 16.7 Å². The van der Waals surface area contributed by atoms with Crippen molar-refractivity contribution in [3.63, 3.8) is 0 Å². The van der Waals surface area contributed by atoms with Crippen LogP contribution in [-0.4, -0.2) is 4.57 Å². The largest absolute Gasteiger partial charge is 0.421 e. The number of nitrogens with zero attached hydrogens (tertiary/aromatic N) is 1. The van der Waals surface area contributed by atoms with Crippen LogP contribution in [0.5, 0.6) is 0 Å². The number of para-hydroxylation sites is 1. The molecule has 0 amide bonds. The predicted molar refractivity (Wildman–Crippen MR) is 115 cm³/mol. The topological polar surface area (TPSA) is 35.1 Å². The second kappa shape index (κ2) is 7.10. The molecule has 150 valence electrons. The molecule has 0 aliphatic heterocycles. The Morgan fingerprint density at radius 3 is 2.60 bits per heavy atom. The van der Waals surface area contributed by atoms with E-state index in [0.717, 1.165) is 40.6 Å². The minimum Gasteiger partial charge on any atom is -0.421 e. The summed E-state index contributed by atoms with van der Waals surface area (Å²) < 4.78 is 35.1. The maximum atomic E-state index is 14.4. The van der Waals surface area contributed by atoms with Crippen molar-refractivity contribution in [2.24, 2.45) is 0 Å². The third-order valence-electron chi connectivity index (χ3n) is 5.56. The highest BCUT2D eigenvalue weighted by molar-refractivity contribution is 6.19. The van der Waals surface area contributed by atoms with Crippen molar-refractivity contribution in [3.8, 4) is 0 Å². The summed E-state index contributed by atoms with van der Waals surface area (Å²) in [5.74, 6) is -1.27. The molecule has 0 saturated heterocycles. The Bertz CT molecular complexity index is 1480. The summed E-state index contributed by atoms with van der Waals surface area (Å²) in [6.07, 6.45) is 1.93. The molecule has 0 N–H and O–H groups in total. The Morgan fingerprint density at radius 2 is 1.80 bits per heavy atom. The van der Waals surface area contributed by atoms with Gasteiger partial charge in [0.2, 0.25) is 0 Å². The van der Waals surface area contributed by atoms with E-state index < -0.39 is 17.3 Å². The molecule has 0 bridgehead atoms. The van der Waals surface area contributed by atoms with Crippen molar-refractivity contribution in [2.75, 3.05) is 0 Å². The minimum absolute atomic E-state index is 0.0995. The molecule has 0 radical (unpaired) electrons. The smallest absolute Gasteiger partial charge is 0.361 e. The molecule has 0 aliphatic carbocycles. The lowest BCUT2D eigenvalue weighted by Gasteiger charge is -2.09. The van der Waals surface area contributed by atoms with Gasteiger partial charge >= 0.3 is 5.63 Å². The van der Waals surface area contributed by atoms with Crippen LogP contribution in [0.4, 0.5) is 8.78 Å². The van der Waals surface area contributed by atoms with Crippen molar-refractivity contribution in [3.05, 3.63) is 93.8 Å². The quantitative estimate of drug-likeness (QED) is 0.336. The average molecular weight is 403 g/mol. The van der Waals surface area contributed by atoms with E-state index in [1.54, 1.807) is 10.6 Å². The first-order valence-corrected chi connectivity index (χ1v) is 9.97. The number of benzene rings is 3. The van der Waals surface area contributed by atoms with Gasteiger partial charge in [-0.15, -0.1) is 0 Å². The standard InChI is InChI=1S/C25H19F2NO2/c1-2-5-15-8-11-21-19(12-15)23-18-6-3-4-7-22(18)30-25(29)24(23)28(21)14-16-9-10-17(26)13-20(16)27/h3-4,6-13H,2,5,14H2,1H3. The molecule has 3 aromatic carbocycles. The summed E-state index contributed by atoms with van der Waals surface area (Å²) in [6.45, 7) is 2.22. The van der Waals surface area contributed by atoms with Gasteiger partial charge in [0.15, 0.2) is 0 Å². The molecule has 30 heavy (non-hydrogen) atoms. The molecule has 3 nitrogen and oxygen atoms in total. The Balaban J connectivity index is 1.89. The van der Waals surface area contributed by atoms with Crippen LogP contribution in [0.3, 0.4) is 0 Å². The number of aromatic nitrogens is 1. The van der Waals surface area contributed by atoms with Crippen LogP contribution in [0.15, 0.2) is 69.9 Å². The first-order chi connectivity index (χ1) is 14.6. The summed E-state index contributed by atoms with van der Waals surface area (Å²) in [4.78, 5) is 13.0. The zero-order chi connectivity index (χ0) is 20.8. The van der Waals surface area contributed by atoms with Gasteiger partial charge in [-0.05, 0) is 36.2 Å². The molecular weight excluding hydrogens is 384 g/mol. The number of halogens is 2. The normalized spacial score (nSPS) is 11.7. The molecule has 5 rings (SSSR count). The van der Waals surface area contributed by atoms with Gasteiger partial charge in [-0.3, -0.25) is 0 Å². The molecular formula is C25H19F2NO2. The fraction of sp³-hybridized carbons (Fsp3) is 0.160. The summed E-state index contributed by atoms with van der Waals surface area (Å²) in [5.41, 5.74) is 2.73. The minimum atomic E-state index is -0.641. The molecule has 0 saturated carbocycles. The maximum Gasteiger partial charge on any atom is 0.361 e. The monoisotopic (exact) mass is 403 g/mol. The lowest BCUT2D eigenvalue weighted by Crippen LogP contribution is -2.09. The van der Waals surface area contributed by atoms with Crippen molar-refractivity contribution in [2.45, 2.75) is 26.3 Å². The fourth-order valence-corrected chi connectivity index (χ4v) is 4.23. The highest BCUT2D eigenvalue weighted by Gasteiger charge is 2.19. The third-order valence-corrected chi connectivity index (χ3v) is 5.56. The van der Waals surface area contributed by atoms with Crippen molar-refractivity contribution in [1.29, 1.82) is 0 Å². The van der Waals surface area contributed by atoms with Crippen LogP contribution >= 0.6 is 0 Å². The third kappa shape index (κ3) is 2.89. The summed E-state index contributed by atoms with van der Waals surface area (Å²) in [5, 5.41) is 2.57. The number of hydrogen-bond acceptors (Lipinski definition) is 2. The van der Waals surface area contributed by atoms with Gasteiger partial charge in [0.25, 0.3) is 0 Å². The first kappa shape index (κ1) is 18.6. The highest BCUT2D eigenvalue weighted by atomic mass is 19.1. The van der Waals surface area contributed by atoms with Crippen LogP contribution in [0.2, 0.25) is 0 Å². The molecule has 0 unspecified atom stereocenters. The molecule has 2 aromatic heterocycles. The van der Waals surface area contributed by atoms with Gasteiger partial charge in [0, 0.05) is 33.3 Å². The number of hydrogen-bond donors (Lipinski definition) is 0. The van der Waals surface area contributed by atoms with Gasteiger partial charge in [-0.25, -0.2) is 13.6 Å². The van der Waals surface area contributed by atoms with Crippen LogP contribution in [-0.2, 0) is 13.0 Å².